The smallest absolute Gasteiger partial charge is 0.373 e. The van der Waals surface area contributed by atoms with E-state index in [0.717, 1.165) is 18.7 Å². The van der Waals surface area contributed by atoms with Gasteiger partial charge in [-0.1, -0.05) is 11.6 Å². The topological polar surface area (TPSA) is 87.7 Å². The molecule has 188 valence electrons. The van der Waals surface area contributed by atoms with Crippen molar-refractivity contribution in [2.45, 2.75) is 31.0 Å². The summed E-state index contributed by atoms with van der Waals surface area (Å²) in [6, 6.07) is 3.69. The number of nitrogens with zero attached hydrogens (tertiary/aromatic N) is 6. The molecular weight excluding hydrogens is 504 g/mol. The molecule has 1 fully saturated rings. The number of ether oxygens (including phenoxy) is 1. The van der Waals surface area contributed by atoms with Gasteiger partial charge in [0.25, 0.3) is 5.56 Å². The first kappa shape index (κ1) is 24.3. The van der Waals surface area contributed by atoms with E-state index in [4.69, 9.17) is 16.3 Å². The zero-order chi connectivity index (χ0) is 25.8. The van der Waals surface area contributed by atoms with Crippen LogP contribution in [-0.4, -0.2) is 35.9 Å². The van der Waals surface area contributed by atoms with Gasteiger partial charge in [-0.3, -0.25) is 14.0 Å². The van der Waals surface area contributed by atoms with E-state index in [1.54, 1.807) is 17.9 Å². The lowest BCUT2D eigenvalue weighted by Gasteiger charge is -2.28. The average molecular weight is 523 g/mol. The first-order chi connectivity index (χ1) is 17.0. The number of rotatable bonds is 3. The number of alkyl halides is 3. The third-order valence-electron chi connectivity index (χ3n) is 6.13. The number of hydrogen-bond acceptors (Lipinski definition) is 6. The van der Waals surface area contributed by atoms with Crippen LogP contribution in [0.3, 0.4) is 0 Å². The van der Waals surface area contributed by atoms with E-state index in [0.29, 0.717) is 24.0 Å². The van der Waals surface area contributed by atoms with Crippen LogP contribution in [0.2, 0.25) is 5.02 Å². The molecule has 2 atom stereocenters. The molecule has 3 aromatic heterocycles. The molecule has 0 bridgehead atoms. The van der Waals surface area contributed by atoms with E-state index < -0.39 is 28.9 Å². The molecule has 1 saturated heterocycles. The van der Waals surface area contributed by atoms with Crippen LogP contribution < -0.4 is 5.56 Å². The largest absolute Gasteiger partial charge is 0.449 e. The van der Waals surface area contributed by atoms with Gasteiger partial charge in [0, 0.05) is 49.0 Å². The number of hydrogen-bond donors (Lipinski definition) is 0. The van der Waals surface area contributed by atoms with Gasteiger partial charge in [0.05, 0.1) is 12.3 Å². The predicted molar refractivity (Wildman–Crippen MR) is 122 cm³/mol. The van der Waals surface area contributed by atoms with Crippen molar-refractivity contribution in [2.75, 3.05) is 6.61 Å². The van der Waals surface area contributed by atoms with E-state index in [9.17, 15) is 22.4 Å². The standard InChI is InChI=1S/C23H19ClF4N6O2/c1-33-10-12(9-29-33)16-7-11(5-6-36-16)20-30-17(14-4-3-13(24)8-15(14)25)18-19(31-20)21(35)34(2)22(32-18)23(26,27)28/h3-4,8-11,16H,5-7H2,1-2H3. The molecule has 0 N–H and O–H groups in total. The fourth-order valence-corrected chi connectivity index (χ4v) is 4.50. The highest BCUT2D eigenvalue weighted by Gasteiger charge is 2.38. The van der Waals surface area contributed by atoms with Crippen LogP contribution in [-0.2, 0) is 25.0 Å². The van der Waals surface area contributed by atoms with Crippen molar-refractivity contribution >= 4 is 22.6 Å². The van der Waals surface area contributed by atoms with Gasteiger partial charge in [0.15, 0.2) is 5.52 Å². The van der Waals surface area contributed by atoms with Gasteiger partial charge in [-0.25, -0.2) is 19.3 Å². The summed E-state index contributed by atoms with van der Waals surface area (Å²) in [5.41, 5.74) is -1.29. The normalized spacial score (nSPS) is 18.6. The van der Waals surface area contributed by atoms with E-state index in [1.165, 1.54) is 12.1 Å². The molecule has 5 rings (SSSR count). The monoisotopic (exact) mass is 522 g/mol. The van der Waals surface area contributed by atoms with Crippen LogP contribution in [0.4, 0.5) is 17.6 Å². The van der Waals surface area contributed by atoms with Gasteiger partial charge in [0.2, 0.25) is 5.82 Å². The van der Waals surface area contributed by atoms with Gasteiger partial charge in [-0.15, -0.1) is 0 Å². The Morgan fingerprint density at radius 3 is 2.58 bits per heavy atom. The number of aryl methyl sites for hydroxylation is 1. The Hall–Kier alpha value is -3.38. The molecule has 0 aliphatic carbocycles. The summed E-state index contributed by atoms with van der Waals surface area (Å²) in [6.07, 6.45) is -0.801. The van der Waals surface area contributed by atoms with E-state index in [1.807, 2.05) is 6.20 Å². The Morgan fingerprint density at radius 1 is 1.14 bits per heavy atom. The summed E-state index contributed by atoms with van der Waals surface area (Å²) in [7, 11) is 2.75. The Morgan fingerprint density at radius 2 is 1.92 bits per heavy atom. The minimum absolute atomic E-state index is 0.0958. The summed E-state index contributed by atoms with van der Waals surface area (Å²) in [5, 5.41) is 4.25. The summed E-state index contributed by atoms with van der Waals surface area (Å²) < 4.78 is 63.7. The van der Waals surface area contributed by atoms with Gasteiger partial charge < -0.3 is 4.74 Å². The Labute approximate surface area is 206 Å². The molecule has 1 aliphatic rings. The zero-order valence-corrected chi connectivity index (χ0v) is 19.8. The number of fused-ring (bicyclic) bond motifs is 1. The zero-order valence-electron chi connectivity index (χ0n) is 19.1. The van der Waals surface area contributed by atoms with Gasteiger partial charge >= 0.3 is 6.18 Å². The van der Waals surface area contributed by atoms with Crippen molar-refractivity contribution in [3.63, 3.8) is 0 Å². The molecule has 4 heterocycles. The second-order valence-electron chi connectivity index (χ2n) is 8.58. The molecule has 0 spiro atoms. The lowest BCUT2D eigenvalue weighted by molar-refractivity contribution is -0.147. The van der Waals surface area contributed by atoms with Crippen LogP contribution >= 0.6 is 11.6 Å². The molecule has 0 saturated carbocycles. The molecule has 2 unspecified atom stereocenters. The fraction of sp³-hybridized carbons (Fsp3) is 0.348. The van der Waals surface area contributed by atoms with Crippen LogP contribution in [0.1, 0.15) is 42.1 Å². The van der Waals surface area contributed by atoms with Crippen LogP contribution in [0.15, 0.2) is 35.4 Å². The highest BCUT2D eigenvalue weighted by atomic mass is 35.5. The first-order valence-electron chi connectivity index (χ1n) is 10.9. The van der Waals surface area contributed by atoms with E-state index >= 15 is 0 Å². The third-order valence-corrected chi connectivity index (χ3v) is 6.36. The van der Waals surface area contributed by atoms with Crippen molar-refractivity contribution in [3.8, 4) is 11.3 Å². The number of halogens is 5. The Kier molecular flexibility index (Phi) is 6.03. The maximum absolute atomic E-state index is 14.9. The average Bonchev–Trinajstić information content (AvgIpc) is 3.26. The van der Waals surface area contributed by atoms with E-state index in [-0.39, 0.29) is 39.6 Å². The quantitative estimate of drug-likeness (QED) is 0.366. The van der Waals surface area contributed by atoms with Crippen molar-refractivity contribution in [3.05, 3.63) is 69.0 Å². The first-order valence-corrected chi connectivity index (χ1v) is 11.3. The SMILES string of the molecule is Cn1cc(C2CC(c3nc(-c4ccc(Cl)cc4F)c4nc(C(F)(F)F)n(C)c(=O)c4n3)CCO2)cn1. The molecule has 0 radical (unpaired) electrons. The minimum Gasteiger partial charge on any atom is -0.373 e. The van der Waals surface area contributed by atoms with Gasteiger partial charge in [-0.2, -0.15) is 18.3 Å². The summed E-state index contributed by atoms with van der Waals surface area (Å²) in [4.78, 5) is 25.5. The summed E-state index contributed by atoms with van der Waals surface area (Å²) in [6.45, 7) is 0.361. The molecule has 13 heteroatoms. The van der Waals surface area contributed by atoms with Crippen LogP contribution in [0.5, 0.6) is 0 Å². The molecule has 0 amide bonds. The van der Waals surface area contributed by atoms with Crippen molar-refractivity contribution in [1.29, 1.82) is 0 Å². The molecule has 4 aromatic rings. The molecular formula is C23H19ClF4N6O2. The van der Waals surface area contributed by atoms with Crippen LogP contribution in [0.25, 0.3) is 22.3 Å². The molecule has 1 aliphatic heterocycles. The van der Waals surface area contributed by atoms with Crippen molar-refractivity contribution in [2.24, 2.45) is 14.1 Å². The lowest BCUT2D eigenvalue weighted by atomic mass is 9.92. The van der Waals surface area contributed by atoms with Crippen LogP contribution in [0, 0.1) is 5.82 Å². The lowest BCUT2D eigenvalue weighted by Crippen LogP contribution is -2.29. The minimum atomic E-state index is -4.92. The predicted octanol–water partition coefficient (Wildman–Crippen LogP) is 4.57. The summed E-state index contributed by atoms with van der Waals surface area (Å²) >= 11 is 5.87. The maximum atomic E-state index is 14.9. The highest BCUT2D eigenvalue weighted by Crippen LogP contribution is 2.38. The second-order valence-corrected chi connectivity index (χ2v) is 9.01. The molecule has 8 nitrogen and oxygen atoms in total. The number of aromatic nitrogens is 6. The third kappa shape index (κ3) is 4.35. The highest BCUT2D eigenvalue weighted by molar-refractivity contribution is 6.30. The Bertz CT molecular complexity index is 1530. The maximum Gasteiger partial charge on any atom is 0.449 e. The fourth-order valence-electron chi connectivity index (χ4n) is 4.34. The Balaban J connectivity index is 1.71. The second kappa shape index (κ2) is 8.93. The van der Waals surface area contributed by atoms with Crippen molar-refractivity contribution < 1.29 is 22.3 Å². The summed E-state index contributed by atoms with van der Waals surface area (Å²) in [5.74, 6) is -2.36. The van der Waals surface area contributed by atoms with Crippen molar-refractivity contribution in [1.82, 2.24) is 29.3 Å². The molecule has 36 heavy (non-hydrogen) atoms. The van der Waals surface area contributed by atoms with Gasteiger partial charge in [-0.05, 0) is 31.0 Å². The van der Waals surface area contributed by atoms with E-state index in [2.05, 4.69) is 20.1 Å². The van der Waals surface area contributed by atoms with Gasteiger partial charge in [0.1, 0.15) is 22.9 Å². The molecule has 1 aromatic carbocycles. The number of benzene rings is 1.